The molecule has 0 radical (unpaired) electrons. The summed E-state index contributed by atoms with van der Waals surface area (Å²) in [6.45, 7) is 2.64. The number of aliphatic hydroxyl groups excluding tert-OH is 1. The Morgan fingerprint density at radius 2 is 2.37 bits per heavy atom. The van der Waals surface area contributed by atoms with Gasteiger partial charge in [0.2, 0.25) is 0 Å². The molecule has 6 heteroatoms. The van der Waals surface area contributed by atoms with E-state index in [2.05, 4.69) is 9.88 Å². The largest absolute Gasteiger partial charge is 0.395 e. The average Bonchev–Trinajstić information content (AvgIpc) is 3.06. The predicted octanol–water partition coefficient (Wildman–Crippen LogP) is 0.915. The van der Waals surface area contributed by atoms with Crippen LogP contribution in [0.5, 0.6) is 0 Å². The summed E-state index contributed by atoms with van der Waals surface area (Å²) in [6.07, 6.45) is 3.80. The van der Waals surface area contributed by atoms with Crippen LogP contribution >= 0.6 is 11.3 Å². The van der Waals surface area contributed by atoms with E-state index in [1.807, 2.05) is 11.4 Å². The highest BCUT2D eigenvalue weighted by molar-refractivity contribution is 7.17. The Morgan fingerprint density at radius 1 is 1.47 bits per heavy atom. The van der Waals surface area contributed by atoms with Gasteiger partial charge in [-0.15, -0.1) is 11.3 Å². The van der Waals surface area contributed by atoms with E-state index in [9.17, 15) is 9.90 Å². The van der Waals surface area contributed by atoms with Gasteiger partial charge in [-0.1, -0.05) is 0 Å². The molecule has 0 bridgehead atoms. The molecule has 0 spiro atoms. The smallest absolute Gasteiger partial charge is 0.271 e. The number of aliphatic hydroxyl groups is 1. The Bertz CT molecular complexity index is 622. The number of fused-ring (bicyclic) bond motifs is 1. The minimum atomic E-state index is 0.0414. The Kier molecular flexibility index (Phi) is 3.63. The second-order valence-electron chi connectivity index (χ2n) is 4.89. The number of rotatable bonds is 4. The van der Waals surface area contributed by atoms with Gasteiger partial charge in [-0.25, -0.2) is 4.98 Å². The van der Waals surface area contributed by atoms with Gasteiger partial charge in [0.05, 0.1) is 18.5 Å². The van der Waals surface area contributed by atoms with Gasteiger partial charge in [0.15, 0.2) is 0 Å². The molecule has 1 aliphatic heterocycles. The molecule has 0 amide bonds. The highest BCUT2D eigenvalue weighted by Gasteiger charge is 2.23. The molecule has 1 unspecified atom stereocenters. The highest BCUT2D eigenvalue weighted by atomic mass is 32.1. The van der Waals surface area contributed by atoms with E-state index < -0.39 is 0 Å². The van der Waals surface area contributed by atoms with Crippen molar-refractivity contribution in [1.82, 2.24) is 14.5 Å². The summed E-state index contributed by atoms with van der Waals surface area (Å²) in [7, 11) is 0. The molecule has 19 heavy (non-hydrogen) atoms. The quantitative estimate of drug-likeness (QED) is 0.904. The molecule has 0 aliphatic carbocycles. The van der Waals surface area contributed by atoms with Crippen molar-refractivity contribution in [3.05, 3.63) is 28.1 Å². The molecule has 1 N–H and O–H groups in total. The van der Waals surface area contributed by atoms with Gasteiger partial charge in [-0.2, -0.15) is 0 Å². The normalized spacial score (nSPS) is 20.4. The highest BCUT2D eigenvalue weighted by Crippen LogP contribution is 2.16. The summed E-state index contributed by atoms with van der Waals surface area (Å²) in [5, 5.41) is 11.2. The monoisotopic (exact) mass is 279 g/mol. The fourth-order valence-corrected chi connectivity index (χ4v) is 3.46. The summed E-state index contributed by atoms with van der Waals surface area (Å²) >= 11 is 1.44. The van der Waals surface area contributed by atoms with Crippen LogP contribution in [0.15, 0.2) is 22.6 Å². The van der Waals surface area contributed by atoms with Gasteiger partial charge in [0, 0.05) is 19.1 Å². The lowest BCUT2D eigenvalue weighted by Crippen LogP contribution is -2.36. The Morgan fingerprint density at radius 3 is 3.21 bits per heavy atom. The molecule has 1 atom stereocenters. The topological polar surface area (TPSA) is 58.4 Å². The minimum absolute atomic E-state index is 0.0414. The minimum Gasteiger partial charge on any atom is -0.395 e. The van der Waals surface area contributed by atoms with Crippen molar-refractivity contribution in [2.75, 3.05) is 19.7 Å². The van der Waals surface area contributed by atoms with Gasteiger partial charge in [-0.05, 0) is 30.8 Å². The van der Waals surface area contributed by atoms with Gasteiger partial charge >= 0.3 is 0 Å². The fraction of sp³-hybridized carbons (Fsp3) is 0.538. The lowest BCUT2D eigenvalue weighted by molar-refractivity contribution is 0.155. The van der Waals surface area contributed by atoms with Crippen molar-refractivity contribution < 1.29 is 5.11 Å². The fourth-order valence-electron chi connectivity index (χ4n) is 2.67. The molecule has 0 aromatic carbocycles. The summed E-state index contributed by atoms with van der Waals surface area (Å²) in [4.78, 5) is 18.8. The first-order chi connectivity index (χ1) is 9.29. The summed E-state index contributed by atoms with van der Waals surface area (Å²) in [6, 6.07) is 2.13. The Balaban J connectivity index is 1.75. The first kappa shape index (κ1) is 12.8. The molecule has 1 fully saturated rings. The molecule has 2 aromatic heterocycles. The summed E-state index contributed by atoms with van der Waals surface area (Å²) in [5.41, 5.74) is 0.820. The van der Waals surface area contributed by atoms with Crippen LogP contribution in [0.4, 0.5) is 0 Å². The zero-order valence-corrected chi connectivity index (χ0v) is 11.5. The molecule has 5 nitrogen and oxygen atoms in total. The van der Waals surface area contributed by atoms with E-state index in [0.29, 0.717) is 6.54 Å². The van der Waals surface area contributed by atoms with E-state index >= 15 is 0 Å². The van der Waals surface area contributed by atoms with Crippen molar-refractivity contribution in [1.29, 1.82) is 0 Å². The Hall–Kier alpha value is -1.24. The van der Waals surface area contributed by atoms with Crippen LogP contribution < -0.4 is 5.56 Å². The molecule has 0 saturated carbocycles. The van der Waals surface area contributed by atoms with E-state index in [4.69, 9.17) is 0 Å². The molecular formula is C13H17N3O2S. The van der Waals surface area contributed by atoms with Gasteiger partial charge in [0.25, 0.3) is 5.56 Å². The van der Waals surface area contributed by atoms with Crippen LogP contribution in [-0.2, 0) is 6.54 Å². The van der Waals surface area contributed by atoms with Crippen molar-refractivity contribution in [3.63, 3.8) is 0 Å². The van der Waals surface area contributed by atoms with E-state index in [1.54, 1.807) is 10.9 Å². The predicted molar refractivity (Wildman–Crippen MR) is 75.6 cm³/mol. The van der Waals surface area contributed by atoms with Crippen LogP contribution in [-0.4, -0.2) is 45.3 Å². The number of thiophene rings is 1. The van der Waals surface area contributed by atoms with Crippen molar-refractivity contribution >= 4 is 21.6 Å². The van der Waals surface area contributed by atoms with E-state index in [1.165, 1.54) is 11.3 Å². The number of nitrogens with zero attached hydrogens (tertiary/aromatic N) is 3. The number of aromatic nitrogens is 2. The number of hydrogen-bond donors (Lipinski definition) is 1. The first-order valence-corrected chi connectivity index (χ1v) is 7.45. The molecule has 1 aliphatic rings. The second kappa shape index (κ2) is 5.40. The molecule has 3 rings (SSSR count). The SMILES string of the molecule is O=c1c2sccc2ncn1CCN1CCCC1CO. The van der Waals surface area contributed by atoms with Gasteiger partial charge < -0.3 is 5.11 Å². The zero-order valence-electron chi connectivity index (χ0n) is 10.7. The number of hydrogen-bond acceptors (Lipinski definition) is 5. The third-order valence-corrected chi connectivity index (χ3v) is 4.67. The third kappa shape index (κ3) is 2.43. The summed E-state index contributed by atoms with van der Waals surface area (Å²) in [5.74, 6) is 0. The number of likely N-dealkylation sites (tertiary alicyclic amines) is 1. The van der Waals surface area contributed by atoms with Gasteiger partial charge in [0.1, 0.15) is 4.70 Å². The molecule has 3 heterocycles. The van der Waals surface area contributed by atoms with E-state index in [-0.39, 0.29) is 18.2 Å². The zero-order chi connectivity index (χ0) is 13.2. The van der Waals surface area contributed by atoms with Crippen molar-refractivity contribution in [3.8, 4) is 0 Å². The average molecular weight is 279 g/mol. The second-order valence-corrected chi connectivity index (χ2v) is 5.81. The molecule has 102 valence electrons. The summed E-state index contributed by atoms with van der Waals surface area (Å²) < 4.78 is 2.40. The standard InChI is InChI=1S/C13H17N3O2S/c17-8-10-2-1-4-15(10)5-6-16-9-14-11-3-7-19-12(11)13(16)18/h3,7,9-10,17H,1-2,4-6,8H2. The van der Waals surface area contributed by atoms with Gasteiger partial charge in [-0.3, -0.25) is 14.3 Å². The maximum atomic E-state index is 12.2. The van der Waals surface area contributed by atoms with Crippen LogP contribution in [0.3, 0.4) is 0 Å². The van der Waals surface area contributed by atoms with Crippen molar-refractivity contribution in [2.45, 2.75) is 25.4 Å². The lowest BCUT2D eigenvalue weighted by atomic mass is 10.2. The maximum absolute atomic E-state index is 12.2. The van der Waals surface area contributed by atoms with Crippen LogP contribution in [0.2, 0.25) is 0 Å². The maximum Gasteiger partial charge on any atom is 0.271 e. The van der Waals surface area contributed by atoms with Crippen LogP contribution in [0.25, 0.3) is 10.2 Å². The van der Waals surface area contributed by atoms with Crippen LogP contribution in [0.1, 0.15) is 12.8 Å². The molecule has 2 aromatic rings. The molecular weight excluding hydrogens is 262 g/mol. The van der Waals surface area contributed by atoms with E-state index in [0.717, 1.165) is 36.1 Å². The van der Waals surface area contributed by atoms with Crippen molar-refractivity contribution in [2.24, 2.45) is 0 Å². The first-order valence-electron chi connectivity index (χ1n) is 6.57. The lowest BCUT2D eigenvalue weighted by Gasteiger charge is -2.22. The Labute approximate surface area is 115 Å². The van der Waals surface area contributed by atoms with Crippen LogP contribution in [0, 0.1) is 0 Å². The third-order valence-electron chi connectivity index (χ3n) is 3.77. The molecule has 1 saturated heterocycles.